The third kappa shape index (κ3) is 3.77. The van der Waals surface area contributed by atoms with E-state index in [9.17, 15) is 22.8 Å². The molecule has 3 aromatic rings. The quantitative estimate of drug-likeness (QED) is 0.610. The average molecular weight is 434 g/mol. The number of anilines is 1. The zero-order valence-electron chi connectivity index (χ0n) is 14.9. The summed E-state index contributed by atoms with van der Waals surface area (Å²) in [7, 11) is 0. The predicted molar refractivity (Wildman–Crippen MR) is 102 cm³/mol. The standard InChI is InChI=1S/C19H11ClF3N5O2/c20-12-5-14(23)13(22)4-11(12)18(29)25-17-6-16(26-27-17)19(30)28-7-9-1-2-10(21)3-15(9)24-8-28/h1-6,8H,7H2,(H2,25,26,27,29). The smallest absolute Gasteiger partial charge is 0.279 e. The first-order chi connectivity index (χ1) is 14.3. The number of rotatable bonds is 3. The molecule has 0 radical (unpaired) electrons. The molecule has 0 atom stereocenters. The van der Waals surface area contributed by atoms with Crippen LogP contribution in [-0.4, -0.2) is 33.3 Å². The fraction of sp³-hybridized carbons (Fsp3) is 0.0526. The fourth-order valence-corrected chi connectivity index (χ4v) is 3.04. The lowest BCUT2D eigenvalue weighted by Gasteiger charge is -2.21. The van der Waals surface area contributed by atoms with Gasteiger partial charge in [0.15, 0.2) is 17.3 Å². The van der Waals surface area contributed by atoms with Crippen molar-refractivity contribution in [3.63, 3.8) is 0 Å². The summed E-state index contributed by atoms with van der Waals surface area (Å²) < 4.78 is 39.8. The van der Waals surface area contributed by atoms with Gasteiger partial charge in [0.25, 0.3) is 11.8 Å². The molecule has 0 fully saturated rings. The van der Waals surface area contributed by atoms with Gasteiger partial charge in [0, 0.05) is 6.07 Å². The summed E-state index contributed by atoms with van der Waals surface area (Å²) in [6.07, 6.45) is 1.26. The van der Waals surface area contributed by atoms with Crippen molar-refractivity contribution >= 4 is 41.3 Å². The van der Waals surface area contributed by atoms with Crippen molar-refractivity contribution in [2.45, 2.75) is 6.54 Å². The first-order valence-corrected chi connectivity index (χ1v) is 8.84. The highest BCUT2D eigenvalue weighted by molar-refractivity contribution is 6.34. The Bertz CT molecular complexity index is 1210. The van der Waals surface area contributed by atoms with Gasteiger partial charge in [-0.2, -0.15) is 5.10 Å². The van der Waals surface area contributed by atoms with Crippen LogP contribution in [0.15, 0.2) is 41.4 Å². The average Bonchev–Trinajstić information content (AvgIpc) is 3.18. The van der Waals surface area contributed by atoms with E-state index in [1.54, 1.807) is 0 Å². The second-order valence-electron chi connectivity index (χ2n) is 6.32. The molecule has 1 aromatic heterocycles. The number of halogens is 4. The summed E-state index contributed by atoms with van der Waals surface area (Å²) >= 11 is 5.78. The second-order valence-corrected chi connectivity index (χ2v) is 6.73. The number of hydrogen-bond acceptors (Lipinski definition) is 4. The Kier molecular flexibility index (Phi) is 5.00. The summed E-state index contributed by atoms with van der Waals surface area (Å²) in [6.45, 7) is 0.164. The molecule has 2 N–H and O–H groups in total. The maximum absolute atomic E-state index is 13.4. The topological polar surface area (TPSA) is 90.4 Å². The Labute approximate surface area is 172 Å². The van der Waals surface area contributed by atoms with Crippen LogP contribution in [0, 0.1) is 17.5 Å². The first kappa shape index (κ1) is 19.6. The number of benzene rings is 2. The van der Waals surface area contributed by atoms with Crippen LogP contribution >= 0.6 is 11.6 Å². The number of H-pyrrole nitrogens is 1. The molecule has 2 aromatic carbocycles. The lowest BCUT2D eigenvalue weighted by Crippen LogP contribution is -2.31. The second kappa shape index (κ2) is 7.64. The van der Waals surface area contributed by atoms with Crippen molar-refractivity contribution < 1.29 is 22.8 Å². The number of fused-ring (bicyclic) bond motifs is 1. The molecule has 152 valence electrons. The Morgan fingerprint density at radius 1 is 1.10 bits per heavy atom. The van der Waals surface area contributed by atoms with Gasteiger partial charge in [-0.05, 0) is 29.8 Å². The molecule has 4 rings (SSSR count). The number of aliphatic imine (C=N–C) groups is 1. The normalized spacial score (nSPS) is 12.6. The van der Waals surface area contributed by atoms with Gasteiger partial charge in [-0.25, -0.2) is 18.2 Å². The SMILES string of the molecule is O=C(Nc1cc(C(=O)N2C=Nc3cc(F)ccc3C2)n[nH]1)c1cc(F)c(F)cc1Cl. The van der Waals surface area contributed by atoms with Crippen LogP contribution in [0.5, 0.6) is 0 Å². The van der Waals surface area contributed by atoms with Crippen LogP contribution in [0.25, 0.3) is 0 Å². The minimum absolute atomic E-state index is 0.0290. The van der Waals surface area contributed by atoms with Crippen LogP contribution in [0.4, 0.5) is 24.7 Å². The minimum atomic E-state index is -1.23. The third-order valence-electron chi connectivity index (χ3n) is 4.28. The highest BCUT2D eigenvalue weighted by Gasteiger charge is 2.23. The molecule has 0 saturated heterocycles. The number of aromatic nitrogens is 2. The van der Waals surface area contributed by atoms with Crippen molar-refractivity contribution in [2.75, 3.05) is 5.32 Å². The van der Waals surface area contributed by atoms with E-state index in [2.05, 4.69) is 20.5 Å². The third-order valence-corrected chi connectivity index (χ3v) is 4.60. The molecule has 30 heavy (non-hydrogen) atoms. The highest BCUT2D eigenvalue weighted by Crippen LogP contribution is 2.26. The summed E-state index contributed by atoms with van der Waals surface area (Å²) in [5.74, 6) is -4.14. The zero-order valence-corrected chi connectivity index (χ0v) is 15.7. The molecule has 0 unspecified atom stereocenters. The Morgan fingerprint density at radius 3 is 2.67 bits per heavy atom. The Balaban J connectivity index is 1.48. The number of amides is 2. The molecule has 0 spiro atoms. The number of nitrogens with zero attached hydrogens (tertiary/aromatic N) is 3. The van der Waals surface area contributed by atoms with Crippen LogP contribution in [0.2, 0.25) is 5.02 Å². The van der Waals surface area contributed by atoms with Crippen molar-refractivity contribution in [3.8, 4) is 0 Å². The maximum atomic E-state index is 13.4. The molecule has 0 bridgehead atoms. The maximum Gasteiger partial charge on any atom is 0.279 e. The van der Waals surface area contributed by atoms with E-state index in [1.165, 1.54) is 35.5 Å². The van der Waals surface area contributed by atoms with Crippen LogP contribution in [-0.2, 0) is 6.54 Å². The van der Waals surface area contributed by atoms with E-state index in [-0.39, 0.29) is 28.6 Å². The van der Waals surface area contributed by atoms with E-state index in [0.29, 0.717) is 23.4 Å². The molecule has 0 saturated carbocycles. The van der Waals surface area contributed by atoms with Crippen LogP contribution < -0.4 is 5.32 Å². The molecule has 2 heterocycles. The number of carbonyl (C=O) groups excluding carboxylic acids is 2. The van der Waals surface area contributed by atoms with E-state index >= 15 is 0 Å². The minimum Gasteiger partial charge on any atom is -0.307 e. The highest BCUT2D eigenvalue weighted by atomic mass is 35.5. The molecule has 7 nitrogen and oxygen atoms in total. The lowest BCUT2D eigenvalue weighted by molar-refractivity contribution is 0.0838. The van der Waals surface area contributed by atoms with Gasteiger partial charge in [-0.3, -0.25) is 19.6 Å². The van der Waals surface area contributed by atoms with Gasteiger partial charge in [-0.1, -0.05) is 17.7 Å². The van der Waals surface area contributed by atoms with E-state index in [4.69, 9.17) is 11.6 Å². The molecule has 2 amide bonds. The Morgan fingerprint density at radius 2 is 1.87 bits per heavy atom. The molecular weight excluding hydrogens is 423 g/mol. The van der Waals surface area contributed by atoms with E-state index in [1.807, 2.05) is 0 Å². The zero-order chi connectivity index (χ0) is 21.4. The predicted octanol–water partition coefficient (Wildman–Crippen LogP) is 4.05. The molecule has 11 heteroatoms. The summed E-state index contributed by atoms with van der Waals surface area (Å²) in [5, 5.41) is 8.40. The van der Waals surface area contributed by atoms with Gasteiger partial charge >= 0.3 is 0 Å². The summed E-state index contributed by atoms with van der Waals surface area (Å²) in [4.78, 5) is 30.2. The van der Waals surface area contributed by atoms with Gasteiger partial charge in [0.05, 0.1) is 29.2 Å². The Hall–Kier alpha value is -3.66. The van der Waals surface area contributed by atoms with Crippen LogP contribution in [0.1, 0.15) is 26.4 Å². The largest absolute Gasteiger partial charge is 0.307 e. The van der Waals surface area contributed by atoms with Crippen molar-refractivity contribution in [2.24, 2.45) is 4.99 Å². The molecule has 1 aliphatic heterocycles. The number of hydrogen-bond donors (Lipinski definition) is 2. The van der Waals surface area contributed by atoms with Crippen molar-refractivity contribution in [3.05, 3.63) is 75.7 Å². The van der Waals surface area contributed by atoms with Crippen LogP contribution in [0.3, 0.4) is 0 Å². The fourth-order valence-electron chi connectivity index (χ4n) is 2.80. The lowest BCUT2D eigenvalue weighted by atomic mass is 10.1. The van der Waals surface area contributed by atoms with Crippen molar-refractivity contribution in [1.29, 1.82) is 0 Å². The molecule has 0 aliphatic carbocycles. The first-order valence-electron chi connectivity index (χ1n) is 8.46. The van der Waals surface area contributed by atoms with Crippen molar-refractivity contribution in [1.82, 2.24) is 15.1 Å². The number of nitrogens with one attached hydrogen (secondary N) is 2. The van der Waals surface area contributed by atoms with E-state index < -0.39 is 29.3 Å². The monoisotopic (exact) mass is 433 g/mol. The molecule has 1 aliphatic rings. The summed E-state index contributed by atoms with van der Waals surface area (Å²) in [6, 6.07) is 6.69. The summed E-state index contributed by atoms with van der Waals surface area (Å²) in [5.41, 5.74) is 0.769. The number of aromatic amines is 1. The molecular formula is C19H11ClF3N5O2. The van der Waals surface area contributed by atoms with Gasteiger partial charge in [-0.15, -0.1) is 0 Å². The van der Waals surface area contributed by atoms with Gasteiger partial charge in [0.2, 0.25) is 0 Å². The van der Waals surface area contributed by atoms with Gasteiger partial charge < -0.3 is 5.32 Å². The van der Waals surface area contributed by atoms with Gasteiger partial charge in [0.1, 0.15) is 11.6 Å². The number of carbonyl (C=O) groups is 2. The van der Waals surface area contributed by atoms with E-state index in [0.717, 1.165) is 0 Å².